The number of hydrogen-bond donors (Lipinski definition) is 2. The fourth-order valence-electron chi connectivity index (χ4n) is 2.42. The number of benzene rings is 2. The third kappa shape index (κ3) is 4.09. The van der Waals surface area contributed by atoms with Gasteiger partial charge in [-0.2, -0.15) is 0 Å². The number of aryl methyl sites for hydroxylation is 1. The Kier molecular flexibility index (Phi) is 4.99. The van der Waals surface area contributed by atoms with E-state index < -0.39 is 0 Å². The molecule has 2 aromatic carbocycles. The van der Waals surface area contributed by atoms with Crippen molar-refractivity contribution in [1.82, 2.24) is 0 Å². The van der Waals surface area contributed by atoms with Crippen molar-refractivity contribution >= 4 is 11.6 Å². The van der Waals surface area contributed by atoms with E-state index in [9.17, 15) is 4.79 Å². The summed E-state index contributed by atoms with van der Waals surface area (Å²) in [6.45, 7) is 4.08. The number of nitrogens with two attached hydrogens (primary N) is 1. The predicted molar refractivity (Wildman–Crippen MR) is 87.5 cm³/mol. The standard InChI is InChI=1S/C18H22N2O/c1-13(11-12-15-7-4-3-5-8-15)20-17-10-6-9-16(14(17)2)18(19)21/h3-10,13,20H,11-12H2,1-2H3,(H2,19,21). The highest BCUT2D eigenvalue weighted by Gasteiger charge is 2.10. The first-order valence-corrected chi connectivity index (χ1v) is 7.28. The van der Waals surface area contributed by atoms with Gasteiger partial charge in [-0.15, -0.1) is 0 Å². The number of hydrogen-bond acceptors (Lipinski definition) is 2. The Balaban J connectivity index is 1.98. The van der Waals surface area contributed by atoms with Gasteiger partial charge in [-0.05, 0) is 49.9 Å². The summed E-state index contributed by atoms with van der Waals surface area (Å²) in [6, 6.07) is 16.4. The average molecular weight is 282 g/mol. The number of amides is 1. The maximum atomic E-state index is 11.4. The molecule has 0 saturated heterocycles. The summed E-state index contributed by atoms with van der Waals surface area (Å²) in [7, 11) is 0. The summed E-state index contributed by atoms with van der Waals surface area (Å²) in [5, 5.41) is 3.47. The zero-order chi connectivity index (χ0) is 15.2. The van der Waals surface area contributed by atoms with Crippen LogP contribution in [0.2, 0.25) is 0 Å². The highest BCUT2D eigenvalue weighted by molar-refractivity contribution is 5.95. The summed E-state index contributed by atoms with van der Waals surface area (Å²) in [4.78, 5) is 11.4. The molecular formula is C18H22N2O. The number of carbonyl (C=O) groups is 1. The van der Waals surface area contributed by atoms with E-state index in [1.54, 1.807) is 6.07 Å². The molecule has 1 unspecified atom stereocenters. The van der Waals surface area contributed by atoms with Gasteiger partial charge in [0.15, 0.2) is 0 Å². The third-order valence-electron chi connectivity index (χ3n) is 3.71. The summed E-state index contributed by atoms with van der Waals surface area (Å²) < 4.78 is 0. The highest BCUT2D eigenvalue weighted by Crippen LogP contribution is 2.20. The smallest absolute Gasteiger partial charge is 0.249 e. The van der Waals surface area contributed by atoms with Crippen molar-refractivity contribution in [3.05, 3.63) is 65.2 Å². The summed E-state index contributed by atoms with van der Waals surface area (Å²) >= 11 is 0. The van der Waals surface area contributed by atoms with Crippen molar-refractivity contribution in [2.45, 2.75) is 32.7 Å². The van der Waals surface area contributed by atoms with Gasteiger partial charge in [0.2, 0.25) is 5.91 Å². The van der Waals surface area contributed by atoms with Crippen LogP contribution in [0.5, 0.6) is 0 Å². The molecule has 0 aliphatic carbocycles. The first-order valence-electron chi connectivity index (χ1n) is 7.28. The maximum Gasteiger partial charge on any atom is 0.249 e. The van der Waals surface area contributed by atoms with Crippen molar-refractivity contribution in [1.29, 1.82) is 0 Å². The summed E-state index contributed by atoms with van der Waals surface area (Å²) in [5.74, 6) is -0.381. The van der Waals surface area contributed by atoms with Crippen LogP contribution < -0.4 is 11.1 Å². The molecule has 3 nitrogen and oxygen atoms in total. The van der Waals surface area contributed by atoms with Gasteiger partial charge in [0.1, 0.15) is 0 Å². The Morgan fingerprint density at radius 3 is 2.52 bits per heavy atom. The van der Waals surface area contributed by atoms with E-state index in [0.717, 1.165) is 24.1 Å². The second kappa shape index (κ2) is 6.93. The lowest BCUT2D eigenvalue weighted by atomic mass is 10.0. The molecule has 2 rings (SSSR count). The first kappa shape index (κ1) is 15.1. The molecule has 3 heteroatoms. The molecule has 2 aromatic rings. The topological polar surface area (TPSA) is 55.1 Å². The lowest BCUT2D eigenvalue weighted by Crippen LogP contribution is -2.19. The lowest BCUT2D eigenvalue weighted by Gasteiger charge is -2.18. The second-order valence-electron chi connectivity index (χ2n) is 5.41. The molecule has 1 amide bonds. The highest BCUT2D eigenvalue weighted by atomic mass is 16.1. The van der Waals surface area contributed by atoms with E-state index in [-0.39, 0.29) is 5.91 Å². The van der Waals surface area contributed by atoms with Crippen molar-refractivity contribution in [2.75, 3.05) is 5.32 Å². The Labute approximate surface area is 126 Å². The van der Waals surface area contributed by atoms with E-state index >= 15 is 0 Å². The zero-order valence-corrected chi connectivity index (χ0v) is 12.6. The van der Waals surface area contributed by atoms with Gasteiger partial charge in [-0.3, -0.25) is 4.79 Å². The molecule has 0 spiro atoms. The van der Waals surface area contributed by atoms with Crippen LogP contribution in [0.4, 0.5) is 5.69 Å². The zero-order valence-electron chi connectivity index (χ0n) is 12.6. The molecule has 0 radical (unpaired) electrons. The monoisotopic (exact) mass is 282 g/mol. The summed E-state index contributed by atoms with van der Waals surface area (Å²) in [6.07, 6.45) is 2.06. The van der Waals surface area contributed by atoms with Crippen molar-refractivity contribution < 1.29 is 4.79 Å². The van der Waals surface area contributed by atoms with Crippen LogP contribution in [0.1, 0.15) is 34.8 Å². The molecular weight excluding hydrogens is 260 g/mol. The lowest BCUT2D eigenvalue weighted by molar-refractivity contribution is 0.1000. The Morgan fingerprint density at radius 2 is 1.86 bits per heavy atom. The van der Waals surface area contributed by atoms with Gasteiger partial charge in [0.25, 0.3) is 0 Å². The van der Waals surface area contributed by atoms with Crippen LogP contribution in [-0.4, -0.2) is 11.9 Å². The molecule has 0 aliphatic rings. The van der Waals surface area contributed by atoms with E-state index in [0.29, 0.717) is 11.6 Å². The Bertz CT molecular complexity index is 608. The quantitative estimate of drug-likeness (QED) is 0.851. The molecule has 1 atom stereocenters. The average Bonchev–Trinajstić information content (AvgIpc) is 2.48. The van der Waals surface area contributed by atoms with E-state index in [2.05, 4.69) is 36.5 Å². The van der Waals surface area contributed by atoms with Crippen LogP contribution in [-0.2, 0) is 6.42 Å². The number of anilines is 1. The molecule has 0 bridgehead atoms. The van der Waals surface area contributed by atoms with Crippen LogP contribution in [0.15, 0.2) is 48.5 Å². The minimum absolute atomic E-state index is 0.326. The first-order chi connectivity index (χ1) is 10.1. The van der Waals surface area contributed by atoms with Gasteiger partial charge < -0.3 is 11.1 Å². The number of nitrogens with one attached hydrogen (secondary N) is 1. The van der Waals surface area contributed by atoms with Gasteiger partial charge in [0, 0.05) is 17.3 Å². The molecule has 0 fully saturated rings. The summed E-state index contributed by atoms with van der Waals surface area (Å²) in [5.41, 5.74) is 9.19. The van der Waals surface area contributed by atoms with Gasteiger partial charge >= 0.3 is 0 Å². The molecule has 21 heavy (non-hydrogen) atoms. The van der Waals surface area contributed by atoms with E-state index in [1.807, 2.05) is 25.1 Å². The van der Waals surface area contributed by atoms with Crippen LogP contribution >= 0.6 is 0 Å². The van der Waals surface area contributed by atoms with E-state index in [4.69, 9.17) is 5.73 Å². The van der Waals surface area contributed by atoms with Crippen molar-refractivity contribution in [3.8, 4) is 0 Å². The predicted octanol–water partition coefficient (Wildman–Crippen LogP) is 3.53. The largest absolute Gasteiger partial charge is 0.382 e. The minimum Gasteiger partial charge on any atom is -0.382 e. The van der Waals surface area contributed by atoms with Crippen LogP contribution in [0.25, 0.3) is 0 Å². The van der Waals surface area contributed by atoms with Gasteiger partial charge in [-0.25, -0.2) is 0 Å². The van der Waals surface area contributed by atoms with Crippen LogP contribution in [0, 0.1) is 6.92 Å². The molecule has 3 N–H and O–H groups in total. The Morgan fingerprint density at radius 1 is 1.14 bits per heavy atom. The minimum atomic E-state index is -0.381. The van der Waals surface area contributed by atoms with Gasteiger partial charge in [0.05, 0.1) is 0 Å². The van der Waals surface area contributed by atoms with Gasteiger partial charge in [-0.1, -0.05) is 36.4 Å². The second-order valence-corrected chi connectivity index (χ2v) is 5.41. The van der Waals surface area contributed by atoms with Crippen LogP contribution in [0.3, 0.4) is 0 Å². The number of primary amides is 1. The Hall–Kier alpha value is -2.29. The fraction of sp³-hybridized carbons (Fsp3) is 0.278. The van der Waals surface area contributed by atoms with Crippen molar-refractivity contribution in [3.63, 3.8) is 0 Å². The molecule has 0 heterocycles. The molecule has 0 aliphatic heterocycles. The molecule has 110 valence electrons. The third-order valence-corrected chi connectivity index (χ3v) is 3.71. The maximum absolute atomic E-state index is 11.4. The SMILES string of the molecule is Cc1c(NC(C)CCc2ccccc2)cccc1C(N)=O. The fourth-order valence-corrected chi connectivity index (χ4v) is 2.42. The number of carbonyl (C=O) groups excluding carboxylic acids is 1. The number of rotatable bonds is 6. The van der Waals surface area contributed by atoms with E-state index in [1.165, 1.54) is 5.56 Å². The molecule has 0 saturated carbocycles. The molecule has 0 aromatic heterocycles. The van der Waals surface area contributed by atoms with Crippen molar-refractivity contribution in [2.24, 2.45) is 5.73 Å². The normalized spacial score (nSPS) is 11.9.